The van der Waals surface area contributed by atoms with Gasteiger partial charge < -0.3 is 9.47 Å². The highest BCUT2D eigenvalue weighted by molar-refractivity contribution is 7.99. The van der Waals surface area contributed by atoms with Gasteiger partial charge in [-0.1, -0.05) is 35.5 Å². The summed E-state index contributed by atoms with van der Waals surface area (Å²) in [5.74, 6) is 1.44. The number of nitrogens with zero attached hydrogens (tertiary/aromatic N) is 4. The molecule has 0 unspecified atom stereocenters. The van der Waals surface area contributed by atoms with Gasteiger partial charge >= 0.3 is 0 Å². The molecule has 25 heavy (non-hydrogen) atoms. The molecule has 0 N–H and O–H groups in total. The van der Waals surface area contributed by atoms with Gasteiger partial charge in [-0.3, -0.25) is 4.79 Å². The molecule has 1 aliphatic rings. The van der Waals surface area contributed by atoms with E-state index in [0.29, 0.717) is 17.8 Å². The van der Waals surface area contributed by atoms with Crippen LogP contribution in [0.15, 0.2) is 29.4 Å². The standard InChI is InChI=1S/C19H26N4OS/c1-13-7-5-10-16(11-13)18-20-21-19(22(18)4)25-12-17(24)23-14(2)8-6-9-15(23)3/h5,7,10-11,14-15H,6,8-9,12H2,1-4H3/t14-,15-/m0/s1. The van der Waals surface area contributed by atoms with E-state index in [9.17, 15) is 4.79 Å². The third-order valence-electron chi connectivity index (χ3n) is 4.92. The first kappa shape index (κ1) is 18.0. The minimum Gasteiger partial charge on any atom is -0.337 e. The molecular weight excluding hydrogens is 332 g/mol. The van der Waals surface area contributed by atoms with Crippen molar-refractivity contribution in [1.29, 1.82) is 0 Å². The first-order chi connectivity index (χ1) is 12.0. The van der Waals surface area contributed by atoms with Crippen LogP contribution in [0.25, 0.3) is 11.4 Å². The molecule has 1 aromatic carbocycles. The molecule has 0 radical (unpaired) electrons. The lowest BCUT2D eigenvalue weighted by Crippen LogP contribution is -2.48. The molecular formula is C19H26N4OS. The fourth-order valence-electron chi connectivity index (χ4n) is 3.59. The van der Waals surface area contributed by atoms with Crippen molar-refractivity contribution in [2.45, 2.75) is 57.3 Å². The molecule has 0 saturated carbocycles. The van der Waals surface area contributed by atoms with Gasteiger partial charge in [0.25, 0.3) is 0 Å². The van der Waals surface area contributed by atoms with Gasteiger partial charge in [0.1, 0.15) is 0 Å². The fourth-order valence-corrected chi connectivity index (χ4v) is 4.37. The highest BCUT2D eigenvalue weighted by atomic mass is 32.2. The zero-order chi connectivity index (χ0) is 18.0. The summed E-state index contributed by atoms with van der Waals surface area (Å²) in [5.41, 5.74) is 2.24. The molecule has 6 heteroatoms. The topological polar surface area (TPSA) is 51.0 Å². The second-order valence-corrected chi connectivity index (χ2v) is 7.90. The maximum Gasteiger partial charge on any atom is 0.233 e. The molecule has 1 saturated heterocycles. The highest BCUT2D eigenvalue weighted by Gasteiger charge is 2.29. The number of amides is 1. The van der Waals surface area contributed by atoms with E-state index in [2.05, 4.69) is 43.1 Å². The van der Waals surface area contributed by atoms with E-state index < -0.39 is 0 Å². The lowest BCUT2D eigenvalue weighted by Gasteiger charge is -2.39. The number of rotatable bonds is 4. The Balaban J connectivity index is 1.69. The number of thioether (sulfide) groups is 1. The summed E-state index contributed by atoms with van der Waals surface area (Å²) in [5, 5.41) is 9.38. The maximum absolute atomic E-state index is 12.7. The van der Waals surface area contributed by atoms with E-state index >= 15 is 0 Å². The second kappa shape index (κ2) is 7.60. The summed E-state index contributed by atoms with van der Waals surface area (Å²) < 4.78 is 1.97. The lowest BCUT2D eigenvalue weighted by atomic mass is 9.98. The molecule has 1 aromatic heterocycles. The third kappa shape index (κ3) is 3.89. The number of likely N-dealkylation sites (tertiary alicyclic amines) is 1. The van der Waals surface area contributed by atoms with Gasteiger partial charge in [-0.25, -0.2) is 0 Å². The normalized spacial score (nSPS) is 20.7. The predicted octanol–water partition coefficient (Wildman–Crippen LogP) is 3.67. The monoisotopic (exact) mass is 358 g/mol. The lowest BCUT2D eigenvalue weighted by molar-refractivity contribution is -0.134. The van der Waals surface area contributed by atoms with Gasteiger partial charge in [0, 0.05) is 24.7 Å². The number of benzene rings is 1. The van der Waals surface area contributed by atoms with Gasteiger partial charge in [0.05, 0.1) is 5.75 Å². The number of hydrogen-bond acceptors (Lipinski definition) is 4. The van der Waals surface area contributed by atoms with Gasteiger partial charge in [-0.2, -0.15) is 0 Å². The summed E-state index contributed by atoms with van der Waals surface area (Å²) in [6, 6.07) is 8.89. The Kier molecular flexibility index (Phi) is 5.47. The summed E-state index contributed by atoms with van der Waals surface area (Å²) >= 11 is 1.47. The highest BCUT2D eigenvalue weighted by Crippen LogP contribution is 2.26. The zero-order valence-electron chi connectivity index (χ0n) is 15.4. The van der Waals surface area contributed by atoms with Crippen LogP contribution in [0, 0.1) is 6.92 Å². The van der Waals surface area contributed by atoms with Crippen LogP contribution in [0.1, 0.15) is 38.7 Å². The van der Waals surface area contributed by atoms with E-state index in [0.717, 1.165) is 29.4 Å². The van der Waals surface area contributed by atoms with Crippen molar-refractivity contribution in [2.75, 3.05) is 5.75 Å². The Bertz CT molecular complexity index is 748. The number of aryl methyl sites for hydroxylation is 1. The van der Waals surface area contributed by atoms with Crippen LogP contribution in [0.5, 0.6) is 0 Å². The van der Waals surface area contributed by atoms with Crippen molar-refractivity contribution in [3.05, 3.63) is 29.8 Å². The molecule has 0 spiro atoms. The van der Waals surface area contributed by atoms with Crippen LogP contribution in [-0.4, -0.2) is 43.4 Å². The molecule has 1 fully saturated rings. The molecule has 0 aliphatic carbocycles. The summed E-state index contributed by atoms with van der Waals surface area (Å²) in [6.07, 6.45) is 3.41. The quantitative estimate of drug-likeness (QED) is 0.783. The largest absolute Gasteiger partial charge is 0.337 e. The van der Waals surface area contributed by atoms with E-state index in [1.165, 1.54) is 23.7 Å². The molecule has 1 amide bonds. The van der Waals surface area contributed by atoms with Crippen molar-refractivity contribution in [3.8, 4) is 11.4 Å². The second-order valence-electron chi connectivity index (χ2n) is 6.95. The molecule has 2 aromatic rings. The molecule has 2 heterocycles. The number of carbonyl (C=O) groups excluding carboxylic acids is 1. The van der Waals surface area contributed by atoms with Crippen LogP contribution in [-0.2, 0) is 11.8 Å². The Labute approximate surface area is 153 Å². The van der Waals surface area contributed by atoms with Crippen LogP contribution < -0.4 is 0 Å². The smallest absolute Gasteiger partial charge is 0.233 e. The van der Waals surface area contributed by atoms with E-state index in [1.807, 2.05) is 28.6 Å². The Morgan fingerprint density at radius 2 is 1.96 bits per heavy atom. The third-order valence-corrected chi connectivity index (χ3v) is 5.92. The van der Waals surface area contributed by atoms with Crippen molar-refractivity contribution in [2.24, 2.45) is 7.05 Å². The van der Waals surface area contributed by atoms with E-state index in [4.69, 9.17) is 0 Å². The first-order valence-electron chi connectivity index (χ1n) is 8.87. The number of hydrogen-bond donors (Lipinski definition) is 0. The first-order valence-corrected chi connectivity index (χ1v) is 9.86. The van der Waals surface area contributed by atoms with E-state index in [-0.39, 0.29) is 5.91 Å². The zero-order valence-corrected chi connectivity index (χ0v) is 16.2. The minimum atomic E-state index is 0.199. The van der Waals surface area contributed by atoms with Crippen LogP contribution in [0.4, 0.5) is 0 Å². The molecule has 0 bridgehead atoms. The van der Waals surface area contributed by atoms with Gasteiger partial charge in [-0.05, 0) is 46.1 Å². The summed E-state index contributed by atoms with van der Waals surface area (Å²) in [7, 11) is 1.95. The van der Waals surface area contributed by atoms with Gasteiger partial charge in [-0.15, -0.1) is 10.2 Å². The average Bonchev–Trinajstić information content (AvgIpc) is 2.93. The predicted molar refractivity (Wildman–Crippen MR) is 102 cm³/mol. The van der Waals surface area contributed by atoms with Crippen molar-refractivity contribution in [1.82, 2.24) is 19.7 Å². The SMILES string of the molecule is Cc1cccc(-c2nnc(SCC(=O)N3[C@@H](C)CCC[C@@H]3C)n2C)c1. The van der Waals surface area contributed by atoms with Crippen molar-refractivity contribution >= 4 is 17.7 Å². The molecule has 1 aliphatic heterocycles. The fraction of sp³-hybridized carbons (Fsp3) is 0.526. The maximum atomic E-state index is 12.7. The van der Waals surface area contributed by atoms with Gasteiger partial charge in [0.2, 0.25) is 5.91 Å². The average molecular weight is 359 g/mol. The van der Waals surface area contributed by atoms with Crippen LogP contribution >= 0.6 is 11.8 Å². The Morgan fingerprint density at radius 1 is 1.24 bits per heavy atom. The number of carbonyl (C=O) groups is 1. The molecule has 2 atom stereocenters. The van der Waals surface area contributed by atoms with Crippen LogP contribution in [0.3, 0.4) is 0 Å². The molecule has 5 nitrogen and oxygen atoms in total. The van der Waals surface area contributed by atoms with Gasteiger partial charge in [0.15, 0.2) is 11.0 Å². The van der Waals surface area contributed by atoms with Crippen molar-refractivity contribution in [3.63, 3.8) is 0 Å². The molecule has 3 rings (SSSR count). The minimum absolute atomic E-state index is 0.199. The summed E-state index contributed by atoms with van der Waals surface area (Å²) in [6.45, 7) is 6.36. The number of piperidine rings is 1. The summed E-state index contributed by atoms with van der Waals surface area (Å²) in [4.78, 5) is 14.7. The molecule has 134 valence electrons. The van der Waals surface area contributed by atoms with Crippen molar-refractivity contribution < 1.29 is 4.79 Å². The Morgan fingerprint density at radius 3 is 2.64 bits per heavy atom. The van der Waals surface area contributed by atoms with Crippen LogP contribution in [0.2, 0.25) is 0 Å². The Hall–Kier alpha value is -1.82. The number of aromatic nitrogens is 3. The van der Waals surface area contributed by atoms with E-state index in [1.54, 1.807) is 0 Å².